The third kappa shape index (κ3) is 2.17. The Morgan fingerprint density at radius 2 is 2.17 bits per heavy atom. The molecule has 0 spiro atoms. The maximum atomic E-state index is 13.2. The smallest absolute Gasteiger partial charge is 0.126 e. The summed E-state index contributed by atoms with van der Waals surface area (Å²) in [5, 5.41) is 1.21. The van der Waals surface area contributed by atoms with Crippen molar-refractivity contribution in [1.29, 1.82) is 0 Å². The average Bonchev–Trinajstić information content (AvgIpc) is 2.04. The Bertz CT molecular complexity index is 238. The first-order valence-corrected chi connectivity index (χ1v) is 5.49. The van der Waals surface area contributed by atoms with Crippen molar-refractivity contribution in [2.24, 2.45) is 0 Å². The van der Waals surface area contributed by atoms with Gasteiger partial charge in [-0.3, -0.25) is 0 Å². The fraction of sp³-hybridized carbons (Fsp3) is 0.400. The zero-order chi connectivity index (χ0) is 8.97. The van der Waals surface area contributed by atoms with Gasteiger partial charge in [-0.25, -0.2) is 4.39 Å². The molecule has 0 fully saturated rings. The van der Waals surface area contributed by atoms with E-state index in [1.54, 1.807) is 12.1 Å². The van der Waals surface area contributed by atoms with Crippen LogP contribution in [0, 0.1) is 5.82 Å². The third-order valence-corrected chi connectivity index (χ3v) is 3.07. The number of hydrogen-bond acceptors (Lipinski definition) is 0. The summed E-state index contributed by atoms with van der Waals surface area (Å²) in [6, 6.07) is 5.39. The molecule has 0 saturated carbocycles. The van der Waals surface area contributed by atoms with E-state index in [1.807, 2.05) is 6.07 Å². The molecular formula is C10H15FSi. The number of rotatable bonds is 3. The second-order valence-corrected chi connectivity index (χ2v) is 4.22. The van der Waals surface area contributed by atoms with Crippen molar-refractivity contribution in [3.8, 4) is 0 Å². The average molecular weight is 182 g/mol. The SMILES string of the molecule is CCCCc1c(F)cccc1[SiH3]. The van der Waals surface area contributed by atoms with Gasteiger partial charge in [0.05, 0.1) is 0 Å². The normalized spacial score (nSPS) is 10.5. The topological polar surface area (TPSA) is 0 Å². The first-order valence-electron chi connectivity index (χ1n) is 4.49. The highest BCUT2D eigenvalue weighted by Gasteiger charge is 2.02. The minimum atomic E-state index is -0.0176. The number of hydrogen-bond donors (Lipinski definition) is 0. The molecule has 0 aliphatic heterocycles. The monoisotopic (exact) mass is 182 g/mol. The van der Waals surface area contributed by atoms with Gasteiger partial charge in [-0.05, 0) is 24.5 Å². The molecule has 0 radical (unpaired) electrons. The molecule has 1 aromatic carbocycles. The summed E-state index contributed by atoms with van der Waals surface area (Å²) in [4.78, 5) is 0. The van der Waals surface area contributed by atoms with Gasteiger partial charge in [-0.2, -0.15) is 0 Å². The van der Waals surface area contributed by atoms with E-state index in [2.05, 4.69) is 6.92 Å². The minimum absolute atomic E-state index is 0.0176. The summed E-state index contributed by atoms with van der Waals surface area (Å²) < 4.78 is 13.2. The lowest BCUT2D eigenvalue weighted by molar-refractivity contribution is 0.605. The summed E-state index contributed by atoms with van der Waals surface area (Å²) in [6.45, 7) is 2.13. The Morgan fingerprint density at radius 1 is 1.42 bits per heavy atom. The van der Waals surface area contributed by atoms with E-state index in [-0.39, 0.29) is 5.82 Å². The summed E-state index contributed by atoms with van der Waals surface area (Å²) >= 11 is 0. The Balaban J connectivity index is 2.81. The van der Waals surface area contributed by atoms with E-state index in [0.29, 0.717) is 0 Å². The second-order valence-electron chi connectivity index (χ2n) is 3.14. The molecule has 0 nitrogen and oxygen atoms in total. The number of halogens is 1. The third-order valence-electron chi connectivity index (χ3n) is 2.13. The zero-order valence-corrected chi connectivity index (χ0v) is 9.73. The Morgan fingerprint density at radius 3 is 2.75 bits per heavy atom. The van der Waals surface area contributed by atoms with Crippen molar-refractivity contribution in [2.75, 3.05) is 0 Å². The first-order chi connectivity index (χ1) is 5.75. The van der Waals surface area contributed by atoms with Crippen molar-refractivity contribution in [1.82, 2.24) is 0 Å². The van der Waals surface area contributed by atoms with Gasteiger partial charge < -0.3 is 0 Å². The Kier molecular flexibility index (Phi) is 3.47. The van der Waals surface area contributed by atoms with Gasteiger partial charge in [-0.1, -0.05) is 30.7 Å². The van der Waals surface area contributed by atoms with Crippen molar-refractivity contribution < 1.29 is 4.39 Å². The molecule has 0 amide bonds. The molecule has 0 saturated heterocycles. The number of benzene rings is 1. The molecule has 1 rings (SSSR count). The lowest BCUT2D eigenvalue weighted by Gasteiger charge is -2.05. The highest BCUT2D eigenvalue weighted by Crippen LogP contribution is 2.07. The first kappa shape index (κ1) is 9.45. The molecule has 0 aliphatic carbocycles. The van der Waals surface area contributed by atoms with E-state index in [1.165, 1.54) is 5.19 Å². The van der Waals surface area contributed by atoms with Gasteiger partial charge in [0.15, 0.2) is 0 Å². The maximum Gasteiger partial charge on any atom is 0.126 e. The Labute approximate surface area is 76.2 Å². The Hall–Kier alpha value is -0.633. The molecule has 1 aromatic rings. The van der Waals surface area contributed by atoms with Gasteiger partial charge in [0.2, 0.25) is 0 Å². The van der Waals surface area contributed by atoms with E-state index in [0.717, 1.165) is 35.1 Å². The van der Waals surface area contributed by atoms with Crippen molar-refractivity contribution in [2.45, 2.75) is 26.2 Å². The van der Waals surface area contributed by atoms with Gasteiger partial charge in [-0.15, -0.1) is 0 Å². The zero-order valence-electron chi connectivity index (χ0n) is 7.73. The molecule has 0 heterocycles. The molecule has 12 heavy (non-hydrogen) atoms. The predicted molar refractivity (Wildman–Crippen MR) is 54.6 cm³/mol. The van der Waals surface area contributed by atoms with Gasteiger partial charge in [0.25, 0.3) is 0 Å². The molecular weight excluding hydrogens is 167 g/mol. The lowest BCUT2D eigenvalue weighted by Crippen LogP contribution is -2.12. The van der Waals surface area contributed by atoms with Crippen LogP contribution in [0.3, 0.4) is 0 Å². The molecule has 66 valence electrons. The highest BCUT2D eigenvalue weighted by molar-refractivity contribution is 6.33. The van der Waals surface area contributed by atoms with Crippen LogP contribution in [-0.2, 0) is 6.42 Å². The summed E-state index contributed by atoms with van der Waals surface area (Å²) in [5.74, 6) is -0.0176. The van der Waals surface area contributed by atoms with Crippen LogP contribution in [0.15, 0.2) is 18.2 Å². The largest absolute Gasteiger partial charge is 0.207 e. The quantitative estimate of drug-likeness (QED) is 0.615. The van der Waals surface area contributed by atoms with Crippen LogP contribution >= 0.6 is 0 Å². The standard InChI is InChI=1S/C10H15FSi/c1-2-3-5-8-9(11)6-4-7-10(8)12/h4,6-7H,2-3,5H2,1,12H3. The van der Waals surface area contributed by atoms with E-state index < -0.39 is 0 Å². The van der Waals surface area contributed by atoms with Crippen molar-refractivity contribution in [3.05, 3.63) is 29.6 Å². The second kappa shape index (κ2) is 4.41. The molecule has 0 bridgehead atoms. The molecule has 0 aromatic heterocycles. The summed E-state index contributed by atoms with van der Waals surface area (Å²) in [6.07, 6.45) is 3.13. The minimum Gasteiger partial charge on any atom is -0.207 e. The van der Waals surface area contributed by atoms with Crippen molar-refractivity contribution >= 4 is 15.4 Å². The molecule has 0 N–H and O–H groups in total. The van der Waals surface area contributed by atoms with Crippen molar-refractivity contribution in [3.63, 3.8) is 0 Å². The fourth-order valence-corrected chi connectivity index (χ4v) is 2.02. The van der Waals surface area contributed by atoms with E-state index in [4.69, 9.17) is 0 Å². The maximum absolute atomic E-state index is 13.2. The number of unbranched alkanes of at least 4 members (excludes halogenated alkanes) is 1. The van der Waals surface area contributed by atoms with Crippen LogP contribution in [-0.4, -0.2) is 10.2 Å². The van der Waals surface area contributed by atoms with E-state index >= 15 is 0 Å². The van der Waals surface area contributed by atoms with Crippen LogP contribution in [0.25, 0.3) is 0 Å². The molecule has 0 aliphatic rings. The fourth-order valence-electron chi connectivity index (χ4n) is 1.34. The lowest BCUT2D eigenvalue weighted by atomic mass is 10.1. The van der Waals surface area contributed by atoms with Crippen LogP contribution in [0.2, 0.25) is 0 Å². The van der Waals surface area contributed by atoms with Gasteiger partial charge >= 0.3 is 0 Å². The van der Waals surface area contributed by atoms with Gasteiger partial charge in [0.1, 0.15) is 5.82 Å². The van der Waals surface area contributed by atoms with Crippen LogP contribution in [0.1, 0.15) is 25.3 Å². The highest BCUT2D eigenvalue weighted by atomic mass is 28.1. The van der Waals surface area contributed by atoms with Crippen LogP contribution < -0.4 is 5.19 Å². The predicted octanol–water partition coefficient (Wildman–Crippen LogP) is 1.16. The van der Waals surface area contributed by atoms with Gasteiger partial charge in [0, 0.05) is 10.2 Å². The summed E-state index contributed by atoms with van der Waals surface area (Å²) in [7, 11) is 0.951. The molecule has 0 unspecified atom stereocenters. The molecule has 0 atom stereocenters. The molecule has 2 heteroatoms. The van der Waals surface area contributed by atoms with Crippen LogP contribution in [0.4, 0.5) is 4.39 Å². The summed E-state index contributed by atoms with van der Waals surface area (Å²) in [5.41, 5.74) is 0.950. The van der Waals surface area contributed by atoms with E-state index in [9.17, 15) is 4.39 Å². The van der Waals surface area contributed by atoms with Crippen LogP contribution in [0.5, 0.6) is 0 Å².